The Balaban J connectivity index is 1.42. The molecule has 3 nitrogen and oxygen atoms in total. The molecular weight excluding hydrogens is 308 g/mol. The highest BCUT2D eigenvalue weighted by Gasteiger charge is 2.21. The maximum atomic E-state index is 12.6. The van der Waals surface area contributed by atoms with Gasteiger partial charge in [0.1, 0.15) is 5.78 Å². The highest BCUT2D eigenvalue weighted by Crippen LogP contribution is 2.28. The summed E-state index contributed by atoms with van der Waals surface area (Å²) in [5.41, 5.74) is 5.90. The number of rotatable bonds is 5. The number of aryl methyl sites for hydroxylation is 1. The Bertz CT molecular complexity index is 866. The quantitative estimate of drug-likeness (QED) is 0.754. The summed E-state index contributed by atoms with van der Waals surface area (Å²) in [4.78, 5) is 12.6. The Morgan fingerprint density at radius 3 is 2.64 bits per heavy atom. The summed E-state index contributed by atoms with van der Waals surface area (Å²) < 4.78 is 0. The van der Waals surface area contributed by atoms with Crippen molar-refractivity contribution in [1.82, 2.24) is 10.2 Å². The van der Waals surface area contributed by atoms with E-state index in [2.05, 4.69) is 34.5 Å². The van der Waals surface area contributed by atoms with Crippen molar-refractivity contribution in [2.45, 2.75) is 32.1 Å². The molecule has 1 unspecified atom stereocenters. The van der Waals surface area contributed by atoms with Gasteiger partial charge in [-0.3, -0.25) is 9.89 Å². The van der Waals surface area contributed by atoms with Crippen molar-refractivity contribution in [1.29, 1.82) is 0 Å². The number of carbonyl (C=O) groups excluding carboxylic acids is 1. The van der Waals surface area contributed by atoms with Crippen molar-refractivity contribution in [3.05, 3.63) is 77.5 Å². The van der Waals surface area contributed by atoms with Gasteiger partial charge in [-0.25, -0.2) is 0 Å². The van der Waals surface area contributed by atoms with Gasteiger partial charge < -0.3 is 0 Å². The van der Waals surface area contributed by atoms with Crippen LogP contribution < -0.4 is 0 Å². The molecule has 2 aromatic carbocycles. The van der Waals surface area contributed by atoms with E-state index in [1.807, 2.05) is 30.3 Å². The van der Waals surface area contributed by atoms with Crippen LogP contribution in [0, 0.1) is 5.92 Å². The molecule has 0 aliphatic heterocycles. The average Bonchev–Trinajstić information content (AvgIpc) is 3.10. The van der Waals surface area contributed by atoms with Crippen molar-refractivity contribution in [2.75, 3.05) is 0 Å². The lowest BCUT2D eigenvalue weighted by atomic mass is 9.81. The zero-order chi connectivity index (χ0) is 17.1. The molecule has 1 N–H and O–H groups in total. The summed E-state index contributed by atoms with van der Waals surface area (Å²) in [6.45, 7) is 0. The number of nitrogens with one attached hydrogen (secondary N) is 1. The number of aromatic amines is 1. The molecule has 3 heteroatoms. The van der Waals surface area contributed by atoms with E-state index >= 15 is 0 Å². The molecule has 1 heterocycles. The van der Waals surface area contributed by atoms with Gasteiger partial charge >= 0.3 is 0 Å². The van der Waals surface area contributed by atoms with E-state index in [4.69, 9.17) is 0 Å². The third kappa shape index (κ3) is 3.55. The van der Waals surface area contributed by atoms with Crippen LogP contribution in [0.2, 0.25) is 0 Å². The predicted molar refractivity (Wildman–Crippen MR) is 99.3 cm³/mol. The van der Waals surface area contributed by atoms with Gasteiger partial charge in [-0.2, -0.15) is 5.10 Å². The van der Waals surface area contributed by atoms with Crippen molar-refractivity contribution in [3.8, 4) is 11.3 Å². The van der Waals surface area contributed by atoms with E-state index < -0.39 is 0 Å². The molecule has 126 valence electrons. The van der Waals surface area contributed by atoms with Crippen LogP contribution in [0.25, 0.3) is 11.3 Å². The molecule has 0 amide bonds. The summed E-state index contributed by atoms with van der Waals surface area (Å²) >= 11 is 0. The molecule has 0 radical (unpaired) electrons. The summed E-state index contributed by atoms with van der Waals surface area (Å²) in [6, 6.07) is 18.7. The van der Waals surface area contributed by atoms with E-state index in [1.165, 1.54) is 11.1 Å². The van der Waals surface area contributed by atoms with Crippen molar-refractivity contribution in [2.24, 2.45) is 5.92 Å². The van der Waals surface area contributed by atoms with E-state index in [0.29, 0.717) is 24.5 Å². The molecule has 4 rings (SSSR count). The molecule has 25 heavy (non-hydrogen) atoms. The third-order valence-corrected chi connectivity index (χ3v) is 5.13. The normalized spacial score (nSPS) is 16.4. The van der Waals surface area contributed by atoms with Crippen LogP contribution in [-0.4, -0.2) is 16.0 Å². The summed E-state index contributed by atoms with van der Waals surface area (Å²) in [5, 5.41) is 7.19. The van der Waals surface area contributed by atoms with Gasteiger partial charge in [0, 0.05) is 18.4 Å². The van der Waals surface area contributed by atoms with Gasteiger partial charge in [0.05, 0.1) is 11.9 Å². The first-order valence-electron chi connectivity index (χ1n) is 8.96. The Morgan fingerprint density at radius 1 is 1.04 bits per heavy atom. The smallest absolute Gasteiger partial charge is 0.137 e. The first-order valence-corrected chi connectivity index (χ1v) is 8.96. The lowest BCUT2D eigenvalue weighted by molar-refractivity contribution is -0.119. The van der Waals surface area contributed by atoms with Crippen molar-refractivity contribution in [3.63, 3.8) is 0 Å². The number of ketones is 1. The minimum absolute atomic E-state index is 0.308. The van der Waals surface area contributed by atoms with Gasteiger partial charge in [-0.1, -0.05) is 54.6 Å². The largest absolute Gasteiger partial charge is 0.299 e. The highest BCUT2D eigenvalue weighted by molar-refractivity contribution is 5.83. The van der Waals surface area contributed by atoms with Crippen LogP contribution in [0.4, 0.5) is 0 Å². The molecule has 0 saturated heterocycles. The topological polar surface area (TPSA) is 45.8 Å². The minimum atomic E-state index is 0.308. The van der Waals surface area contributed by atoms with Crippen LogP contribution in [0.3, 0.4) is 0 Å². The molecule has 1 atom stereocenters. The maximum Gasteiger partial charge on any atom is 0.137 e. The number of aromatic nitrogens is 2. The van der Waals surface area contributed by atoms with Crippen molar-refractivity contribution < 1.29 is 4.79 Å². The standard InChI is InChI=1S/C22H22N2O/c25-21(13-16-10-11-17-6-4-5-9-19(17)12-16)14-20-15-23-24-22(20)18-7-2-1-3-8-18/h1-9,15-16H,10-14H2,(H,23,24). The molecular formula is C22H22N2O. The van der Waals surface area contributed by atoms with Gasteiger partial charge in [-0.05, 0) is 41.9 Å². The van der Waals surface area contributed by atoms with E-state index in [1.54, 1.807) is 6.20 Å². The lowest BCUT2D eigenvalue weighted by Crippen LogP contribution is -2.18. The van der Waals surface area contributed by atoms with Crippen LogP contribution in [0.15, 0.2) is 60.8 Å². The second-order valence-electron chi connectivity index (χ2n) is 6.93. The number of nitrogens with zero attached hydrogens (tertiary/aromatic N) is 1. The number of carbonyl (C=O) groups is 1. The monoisotopic (exact) mass is 330 g/mol. The van der Waals surface area contributed by atoms with E-state index in [-0.39, 0.29) is 0 Å². The lowest BCUT2D eigenvalue weighted by Gasteiger charge is -2.24. The Hall–Kier alpha value is -2.68. The van der Waals surface area contributed by atoms with Gasteiger partial charge in [0.25, 0.3) is 0 Å². The molecule has 3 aromatic rings. The molecule has 1 aliphatic rings. The Labute approximate surface area is 148 Å². The first kappa shape index (κ1) is 15.8. The molecule has 0 spiro atoms. The molecule has 0 saturated carbocycles. The molecule has 0 bridgehead atoms. The fourth-order valence-corrected chi connectivity index (χ4v) is 3.85. The highest BCUT2D eigenvalue weighted by atomic mass is 16.1. The predicted octanol–water partition coefficient (Wildman–Crippen LogP) is 4.38. The second-order valence-corrected chi connectivity index (χ2v) is 6.93. The number of fused-ring (bicyclic) bond motifs is 1. The van der Waals surface area contributed by atoms with Crippen LogP contribution in [0.5, 0.6) is 0 Å². The fourth-order valence-electron chi connectivity index (χ4n) is 3.85. The fraction of sp³-hybridized carbons (Fsp3) is 0.273. The SMILES string of the molecule is O=C(Cc1cn[nH]c1-c1ccccc1)CC1CCc2ccccc2C1. The first-order chi connectivity index (χ1) is 12.3. The number of hydrogen-bond acceptors (Lipinski definition) is 2. The third-order valence-electron chi connectivity index (χ3n) is 5.13. The Morgan fingerprint density at radius 2 is 1.80 bits per heavy atom. The number of benzene rings is 2. The van der Waals surface area contributed by atoms with Crippen LogP contribution >= 0.6 is 0 Å². The molecule has 1 aliphatic carbocycles. The zero-order valence-electron chi connectivity index (χ0n) is 14.2. The van der Waals surface area contributed by atoms with Crippen molar-refractivity contribution >= 4 is 5.78 Å². The summed E-state index contributed by atoms with van der Waals surface area (Å²) in [6.07, 6.45) is 6.14. The molecule has 0 fully saturated rings. The Kier molecular flexibility index (Phi) is 4.47. The number of Topliss-reactive ketones (excluding diaryl/α,β-unsaturated/α-hetero) is 1. The number of H-pyrrole nitrogens is 1. The van der Waals surface area contributed by atoms with E-state index in [9.17, 15) is 4.79 Å². The van der Waals surface area contributed by atoms with Gasteiger partial charge in [0.2, 0.25) is 0 Å². The second kappa shape index (κ2) is 7.06. The van der Waals surface area contributed by atoms with Crippen LogP contribution in [-0.2, 0) is 24.1 Å². The summed E-state index contributed by atoms with van der Waals surface area (Å²) in [5.74, 6) is 0.775. The minimum Gasteiger partial charge on any atom is -0.299 e. The van der Waals surface area contributed by atoms with Gasteiger partial charge in [0.15, 0.2) is 0 Å². The van der Waals surface area contributed by atoms with Gasteiger partial charge in [-0.15, -0.1) is 0 Å². The summed E-state index contributed by atoms with van der Waals surface area (Å²) in [7, 11) is 0. The van der Waals surface area contributed by atoms with E-state index in [0.717, 1.165) is 36.1 Å². The molecule has 1 aromatic heterocycles. The number of hydrogen-bond donors (Lipinski definition) is 1. The zero-order valence-corrected chi connectivity index (χ0v) is 14.2. The average molecular weight is 330 g/mol. The maximum absolute atomic E-state index is 12.6. The van der Waals surface area contributed by atoms with Crippen LogP contribution in [0.1, 0.15) is 29.5 Å².